The van der Waals surface area contributed by atoms with Crippen molar-refractivity contribution in [2.24, 2.45) is 0 Å². The van der Waals surface area contributed by atoms with Gasteiger partial charge in [0.2, 0.25) is 5.91 Å². The first-order valence-corrected chi connectivity index (χ1v) is 6.38. The molecule has 1 amide bonds. The molecule has 0 aliphatic heterocycles. The van der Waals surface area contributed by atoms with Crippen LogP contribution in [0.3, 0.4) is 0 Å². The van der Waals surface area contributed by atoms with Crippen LogP contribution in [0.15, 0.2) is 12.1 Å². The van der Waals surface area contributed by atoms with E-state index >= 15 is 0 Å². The standard InChI is InChI=1S/C12H17NO3S/c1-8-6-7-10(17-8)4-3-5-11(14)13-9(2)12(15)16/h6-7,9H,3-5H2,1-2H3,(H,13,14)(H,15,16). The van der Waals surface area contributed by atoms with Gasteiger partial charge in [0.05, 0.1) is 0 Å². The number of rotatable bonds is 6. The summed E-state index contributed by atoms with van der Waals surface area (Å²) in [5.74, 6) is -1.21. The zero-order valence-electron chi connectivity index (χ0n) is 10.0. The number of aliphatic carboxylic acids is 1. The Morgan fingerprint density at radius 1 is 1.47 bits per heavy atom. The van der Waals surface area contributed by atoms with Crippen LogP contribution < -0.4 is 5.32 Å². The molecule has 0 aliphatic carbocycles. The van der Waals surface area contributed by atoms with Gasteiger partial charge in [-0.25, -0.2) is 0 Å². The molecule has 0 bridgehead atoms. The van der Waals surface area contributed by atoms with E-state index in [9.17, 15) is 9.59 Å². The van der Waals surface area contributed by atoms with Crippen molar-refractivity contribution < 1.29 is 14.7 Å². The van der Waals surface area contributed by atoms with Gasteiger partial charge in [0.15, 0.2) is 0 Å². The van der Waals surface area contributed by atoms with Gasteiger partial charge >= 0.3 is 5.97 Å². The SMILES string of the molecule is Cc1ccc(CCCC(=O)NC(C)C(=O)O)s1. The molecular weight excluding hydrogens is 238 g/mol. The van der Waals surface area contributed by atoms with Gasteiger partial charge in [-0.3, -0.25) is 9.59 Å². The number of carboxylic acid groups (broad SMARTS) is 1. The number of hydrogen-bond donors (Lipinski definition) is 2. The second-order valence-electron chi connectivity index (χ2n) is 3.99. The summed E-state index contributed by atoms with van der Waals surface area (Å²) in [6.45, 7) is 3.51. The van der Waals surface area contributed by atoms with Gasteiger partial charge < -0.3 is 10.4 Å². The molecule has 0 aliphatic rings. The summed E-state index contributed by atoms with van der Waals surface area (Å²) in [5.41, 5.74) is 0. The monoisotopic (exact) mass is 255 g/mol. The predicted molar refractivity (Wildman–Crippen MR) is 67.2 cm³/mol. The molecule has 0 fully saturated rings. The molecule has 0 saturated carbocycles. The van der Waals surface area contributed by atoms with Crippen molar-refractivity contribution >= 4 is 23.2 Å². The Labute approximate surface area is 105 Å². The first kappa shape index (κ1) is 13.7. The minimum absolute atomic E-state index is 0.201. The van der Waals surface area contributed by atoms with E-state index in [0.717, 1.165) is 12.8 Å². The number of nitrogens with one attached hydrogen (secondary N) is 1. The molecule has 4 nitrogen and oxygen atoms in total. The summed E-state index contributed by atoms with van der Waals surface area (Å²) >= 11 is 1.73. The molecule has 5 heteroatoms. The number of hydrogen-bond acceptors (Lipinski definition) is 3. The molecule has 1 atom stereocenters. The zero-order valence-corrected chi connectivity index (χ0v) is 10.8. The fourth-order valence-electron chi connectivity index (χ4n) is 1.42. The number of aryl methyl sites for hydroxylation is 2. The Hall–Kier alpha value is -1.36. The first-order chi connectivity index (χ1) is 7.99. The van der Waals surface area contributed by atoms with E-state index in [1.165, 1.54) is 16.7 Å². The number of amides is 1. The van der Waals surface area contributed by atoms with E-state index in [4.69, 9.17) is 5.11 Å². The second kappa shape index (κ2) is 6.39. The molecule has 0 aromatic carbocycles. The van der Waals surface area contributed by atoms with Gasteiger partial charge in [0, 0.05) is 16.2 Å². The molecule has 94 valence electrons. The third-order valence-electron chi connectivity index (χ3n) is 2.37. The average molecular weight is 255 g/mol. The van der Waals surface area contributed by atoms with Gasteiger partial charge in [-0.2, -0.15) is 0 Å². The molecule has 0 spiro atoms. The summed E-state index contributed by atoms with van der Waals surface area (Å²) in [6.07, 6.45) is 1.99. The summed E-state index contributed by atoms with van der Waals surface area (Å²) in [7, 11) is 0. The van der Waals surface area contributed by atoms with Gasteiger partial charge in [0.25, 0.3) is 0 Å². The Kier molecular flexibility index (Phi) is 5.15. The molecule has 0 radical (unpaired) electrons. The van der Waals surface area contributed by atoms with Gasteiger partial charge in [-0.15, -0.1) is 11.3 Å². The number of carbonyl (C=O) groups is 2. The Morgan fingerprint density at radius 2 is 2.18 bits per heavy atom. The van der Waals surface area contributed by atoms with Crippen LogP contribution in [0.5, 0.6) is 0 Å². The van der Waals surface area contributed by atoms with Crippen LogP contribution >= 0.6 is 11.3 Å². The summed E-state index contributed by atoms with van der Waals surface area (Å²) in [4.78, 5) is 24.4. The van der Waals surface area contributed by atoms with Crippen molar-refractivity contribution in [3.8, 4) is 0 Å². The van der Waals surface area contributed by atoms with Crippen LogP contribution in [-0.4, -0.2) is 23.0 Å². The highest BCUT2D eigenvalue weighted by molar-refractivity contribution is 7.11. The average Bonchev–Trinajstić information content (AvgIpc) is 2.64. The number of thiophene rings is 1. The third-order valence-corrected chi connectivity index (χ3v) is 3.43. The van der Waals surface area contributed by atoms with Crippen LogP contribution in [0.25, 0.3) is 0 Å². The molecular formula is C12H17NO3S. The maximum Gasteiger partial charge on any atom is 0.325 e. The molecule has 1 heterocycles. The smallest absolute Gasteiger partial charge is 0.325 e. The normalized spacial score (nSPS) is 12.1. The lowest BCUT2D eigenvalue weighted by molar-refractivity contribution is -0.141. The van der Waals surface area contributed by atoms with Crippen LogP contribution in [0.2, 0.25) is 0 Å². The summed E-state index contributed by atoms with van der Waals surface area (Å²) in [6, 6.07) is 3.32. The third kappa shape index (κ3) is 4.99. The van der Waals surface area contributed by atoms with Crippen LogP contribution in [0.4, 0.5) is 0 Å². The fraction of sp³-hybridized carbons (Fsp3) is 0.500. The maximum atomic E-state index is 11.4. The Bertz CT molecular complexity index is 400. The van der Waals surface area contributed by atoms with Gasteiger partial charge in [-0.1, -0.05) is 0 Å². The predicted octanol–water partition coefficient (Wildman–Crippen LogP) is 1.97. The lowest BCUT2D eigenvalue weighted by atomic mass is 10.2. The molecule has 0 saturated heterocycles. The summed E-state index contributed by atoms with van der Waals surface area (Å²) in [5, 5.41) is 11.1. The van der Waals surface area contributed by atoms with Crippen molar-refractivity contribution in [2.75, 3.05) is 0 Å². The van der Waals surface area contributed by atoms with Crippen molar-refractivity contribution in [3.63, 3.8) is 0 Å². The topological polar surface area (TPSA) is 66.4 Å². The van der Waals surface area contributed by atoms with Crippen molar-refractivity contribution in [1.29, 1.82) is 0 Å². The molecule has 1 aromatic rings. The number of carbonyl (C=O) groups excluding carboxylic acids is 1. The highest BCUT2D eigenvalue weighted by atomic mass is 32.1. The molecule has 1 rings (SSSR count). The molecule has 17 heavy (non-hydrogen) atoms. The second-order valence-corrected chi connectivity index (χ2v) is 5.37. The first-order valence-electron chi connectivity index (χ1n) is 5.56. The largest absolute Gasteiger partial charge is 0.480 e. The van der Waals surface area contributed by atoms with E-state index in [1.54, 1.807) is 11.3 Å². The van der Waals surface area contributed by atoms with Crippen molar-refractivity contribution in [1.82, 2.24) is 5.32 Å². The lowest BCUT2D eigenvalue weighted by Gasteiger charge is -2.08. The Morgan fingerprint density at radius 3 is 2.71 bits per heavy atom. The Balaban J connectivity index is 2.22. The molecule has 2 N–H and O–H groups in total. The maximum absolute atomic E-state index is 11.4. The molecule has 1 aromatic heterocycles. The zero-order chi connectivity index (χ0) is 12.8. The van der Waals surface area contributed by atoms with Crippen molar-refractivity contribution in [3.05, 3.63) is 21.9 Å². The minimum Gasteiger partial charge on any atom is -0.480 e. The highest BCUT2D eigenvalue weighted by Gasteiger charge is 2.13. The fourth-order valence-corrected chi connectivity index (χ4v) is 2.35. The van der Waals surface area contributed by atoms with Gasteiger partial charge in [0.1, 0.15) is 6.04 Å². The van der Waals surface area contributed by atoms with E-state index in [2.05, 4.69) is 24.4 Å². The number of carboxylic acids is 1. The van der Waals surface area contributed by atoms with Crippen LogP contribution in [-0.2, 0) is 16.0 Å². The quantitative estimate of drug-likeness (QED) is 0.816. The highest BCUT2D eigenvalue weighted by Crippen LogP contribution is 2.17. The van der Waals surface area contributed by atoms with Crippen molar-refractivity contribution in [2.45, 2.75) is 39.2 Å². The summed E-state index contributed by atoms with van der Waals surface area (Å²) < 4.78 is 0. The van der Waals surface area contributed by atoms with E-state index in [-0.39, 0.29) is 5.91 Å². The van der Waals surface area contributed by atoms with E-state index in [1.807, 2.05) is 0 Å². The van der Waals surface area contributed by atoms with Crippen LogP contribution in [0, 0.1) is 6.92 Å². The van der Waals surface area contributed by atoms with Gasteiger partial charge in [-0.05, 0) is 38.8 Å². The van der Waals surface area contributed by atoms with E-state index in [0.29, 0.717) is 6.42 Å². The lowest BCUT2D eigenvalue weighted by Crippen LogP contribution is -2.38. The van der Waals surface area contributed by atoms with E-state index < -0.39 is 12.0 Å². The molecule has 1 unspecified atom stereocenters. The minimum atomic E-state index is -1.01. The van der Waals surface area contributed by atoms with Crippen LogP contribution in [0.1, 0.15) is 29.5 Å².